The largest absolute Gasteiger partial charge is 0.106 e. The second-order valence-electron chi connectivity index (χ2n) is 5.37. The average Bonchev–Trinajstić information content (AvgIpc) is 2.64. The van der Waals surface area contributed by atoms with Gasteiger partial charge in [-0.3, -0.25) is 0 Å². The lowest BCUT2D eigenvalue weighted by Gasteiger charge is -2.27. The first kappa shape index (κ1) is 18.1. The molecule has 1 rings (SSSR count). The summed E-state index contributed by atoms with van der Waals surface area (Å²) in [4.78, 5) is 0. The van der Waals surface area contributed by atoms with Crippen molar-refractivity contribution in [2.45, 2.75) is 67.2 Å². The van der Waals surface area contributed by atoms with Crippen molar-refractivity contribution in [3.63, 3.8) is 0 Å². The van der Waals surface area contributed by atoms with E-state index in [-0.39, 0.29) is 7.43 Å². The zero-order chi connectivity index (χ0) is 11.8. The normalized spacial score (nSPS) is 25.6. The van der Waals surface area contributed by atoms with Crippen molar-refractivity contribution in [3.05, 3.63) is 13.2 Å². The van der Waals surface area contributed by atoms with Gasteiger partial charge in [-0.2, -0.15) is 0 Å². The molecule has 3 unspecified atom stereocenters. The maximum atomic E-state index is 3.00. The van der Waals surface area contributed by atoms with Crippen LogP contribution in [0.5, 0.6) is 0 Å². The first-order valence-electron chi connectivity index (χ1n) is 6.65. The summed E-state index contributed by atoms with van der Waals surface area (Å²) in [5.74, 6) is 3.95. The van der Waals surface area contributed by atoms with Crippen molar-refractivity contribution in [3.8, 4) is 0 Å². The van der Waals surface area contributed by atoms with Crippen LogP contribution >= 0.6 is 0 Å². The Morgan fingerprint density at radius 3 is 2.06 bits per heavy atom. The third kappa shape index (κ3) is 5.72. The predicted octanol–water partition coefficient (Wildman–Crippen LogP) is 5.93. The molecule has 0 heteroatoms. The van der Waals surface area contributed by atoms with Crippen LogP contribution in [-0.2, 0) is 0 Å². The van der Waals surface area contributed by atoms with Crippen molar-refractivity contribution >= 4 is 0 Å². The molecule has 1 aliphatic carbocycles. The van der Waals surface area contributed by atoms with Crippen molar-refractivity contribution in [1.82, 2.24) is 0 Å². The Labute approximate surface area is 105 Å². The third-order valence-electron chi connectivity index (χ3n) is 3.83. The average molecular weight is 226 g/mol. The van der Waals surface area contributed by atoms with E-state index in [9.17, 15) is 0 Å². The molecule has 0 bridgehead atoms. The van der Waals surface area contributed by atoms with Crippen molar-refractivity contribution in [2.24, 2.45) is 23.7 Å². The molecule has 0 N–H and O–H groups in total. The van der Waals surface area contributed by atoms with Crippen LogP contribution in [0, 0.1) is 23.7 Å². The number of hydrogen-bond donors (Lipinski definition) is 0. The summed E-state index contributed by atoms with van der Waals surface area (Å²) < 4.78 is 0. The molecule has 0 amide bonds. The summed E-state index contributed by atoms with van der Waals surface area (Å²) in [7, 11) is 0. The highest BCUT2D eigenvalue weighted by Gasteiger charge is 2.29. The van der Waals surface area contributed by atoms with Crippen LogP contribution in [0.2, 0.25) is 0 Å². The van der Waals surface area contributed by atoms with Gasteiger partial charge in [0.25, 0.3) is 0 Å². The molecule has 3 atom stereocenters. The fourth-order valence-electron chi connectivity index (χ4n) is 3.12. The molecule has 1 saturated carbocycles. The summed E-state index contributed by atoms with van der Waals surface area (Å²) in [6, 6.07) is 0. The Bertz CT molecular complexity index is 148. The highest BCUT2D eigenvalue weighted by molar-refractivity contribution is 4.80. The molecule has 0 aliphatic heterocycles. The van der Waals surface area contributed by atoms with Gasteiger partial charge in [-0.1, -0.05) is 54.4 Å². The number of rotatable bonds is 4. The van der Waals surface area contributed by atoms with Crippen LogP contribution in [0.4, 0.5) is 0 Å². The van der Waals surface area contributed by atoms with Gasteiger partial charge in [0.05, 0.1) is 0 Å². The van der Waals surface area contributed by atoms with E-state index < -0.39 is 0 Å². The number of hydrogen-bond acceptors (Lipinski definition) is 0. The molecule has 1 fully saturated rings. The summed E-state index contributed by atoms with van der Waals surface area (Å²) >= 11 is 0. The molecule has 1 aliphatic rings. The fraction of sp³-hybridized carbons (Fsp3) is 0.875. The van der Waals surface area contributed by atoms with Crippen molar-refractivity contribution < 1.29 is 0 Å². The minimum atomic E-state index is 0. The van der Waals surface area contributed by atoms with E-state index in [1.807, 2.05) is 0 Å². The quantitative estimate of drug-likeness (QED) is 0.521. The topological polar surface area (TPSA) is 0 Å². The second kappa shape index (κ2) is 9.93. The molecule has 0 aromatic rings. The molecule has 0 spiro atoms. The Kier molecular flexibility index (Phi) is 11.2. The second-order valence-corrected chi connectivity index (χ2v) is 5.37. The van der Waals surface area contributed by atoms with E-state index in [0.29, 0.717) is 0 Å². The fourth-order valence-corrected chi connectivity index (χ4v) is 3.12. The Hall–Kier alpha value is -0.260. The van der Waals surface area contributed by atoms with Gasteiger partial charge in [0.15, 0.2) is 0 Å². The maximum absolute atomic E-state index is 3.00. The molecule has 0 radical (unpaired) electrons. The molecular weight excluding hydrogens is 192 g/mol. The van der Waals surface area contributed by atoms with Gasteiger partial charge in [0.2, 0.25) is 0 Å². The monoisotopic (exact) mass is 226 g/mol. The van der Waals surface area contributed by atoms with Gasteiger partial charge in [-0.05, 0) is 36.5 Å². The van der Waals surface area contributed by atoms with Crippen LogP contribution in [0.15, 0.2) is 13.2 Å². The molecule has 0 aromatic heterocycles. The Balaban J connectivity index is 0. The van der Waals surface area contributed by atoms with E-state index in [0.717, 1.165) is 23.7 Å². The maximum Gasteiger partial charge on any atom is -0.0360 e. The van der Waals surface area contributed by atoms with Crippen LogP contribution in [0.25, 0.3) is 0 Å². The minimum absolute atomic E-state index is 0. The van der Waals surface area contributed by atoms with Crippen LogP contribution < -0.4 is 0 Å². The van der Waals surface area contributed by atoms with Crippen LogP contribution in [-0.4, -0.2) is 0 Å². The summed E-state index contributed by atoms with van der Waals surface area (Å²) in [5, 5.41) is 0. The zero-order valence-corrected chi connectivity index (χ0v) is 11.3. The molecule has 0 saturated heterocycles. The SMILES string of the molecule is C.C=C.CCC(CC(C)C)C1CCCC1C. The molecule has 0 heterocycles. The summed E-state index contributed by atoms with van der Waals surface area (Å²) in [5.41, 5.74) is 0. The molecule has 16 heavy (non-hydrogen) atoms. The van der Waals surface area contributed by atoms with Gasteiger partial charge in [-0.15, -0.1) is 13.2 Å². The standard InChI is InChI=1S/C13H26.C2H4.CH4/c1-5-12(9-10(2)3)13-8-6-7-11(13)4;1-2;/h10-13H,5-9H2,1-4H3;1-2H2;1H4. The third-order valence-corrected chi connectivity index (χ3v) is 3.83. The smallest absolute Gasteiger partial charge is 0.0360 e. The molecule has 0 nitrogen and oxygen atoms in total. The molecular formula is C16H34. The van der Waals surface area contributed by atoms with Gasteiger partial charge >= 0.3 is 0 Å². The van der Waals surface area contributed by atoms with Gasteiger partial charge in [0.1, 0.15) is 0 Å². The lowest BCUT2D eigenvalue weighted by Crippen LogP contribution is -2.18. The Morgan fingerprint density at radius 1 is 1.19 bits per heavy atom. The lowest BCUT2D eigenvalue weighted by atomic mass is 9.79. The zero-order valence-electron chi connectivity index (χ0n) is 11.3. The Morgan fingerprint density at radius 2 is 1.75 bits per heavy atom. The van der Waals surface area contributed by atoms with E-state index >= 15 is 0 Å². The first-order chi connectivity index (χ1) is 7.15. The van der Waals surface area contributed by atoms with Gasteiger partial charge in [-0.25, -0.2) is 0 Å². The van der Waals surface area contributed by atoms with Crippen LogP contribution in [0.1, 0.15) is 67.2 Å². The minimum Gasteiger partial charge on any atom is -0.106 e. The van der Waals surface area contributed by atoms with Crippen molar-refractivity contribution in [1.29, 1.82) is 0 Å². The molecule has 98 valence electrons. The van der Waals surface area contributed by atoms with Crippen LogP contribution in [0.3, 0.4) is 0 Å². The van der Waals surface area contributed by atoms with E-state index in [2.05, 4.69) is 40.9 Å². The first-order valence-corrected chi connectivity index (χ1v) is 6.65. The summed E-state index contributed by atoms with van der Waals surface area (Å²) in [6.07, 6.45) is 7.32. The van der Waals surface area contributed by atoms with E-state index in [4.69, 9.17) is 0 Å². The van der Waals surface area contributed by atoms with E-state index in [1.165, 1.54) is 32.1 Å². The lowest BCUT2D eigenvalue weighted by molar-refractivity contribution is 0.230. The van der Waals surface area contributed by atoms with Crippen molar-refractivity contribution in [2.75, 3.05) is 0 Å². The van der Waals surface area contributed by atoms with Gasteiger partial charge < -0.3 is 0 Å². The van der Waals surface area contributed by atoms with Gasteiger partial charge in [0, 0.05) is 0 Å². The highest BCUT2D eigenvalue weighted by atomic mass is 14.3. The highest BCUT2D eigenvalue weighted by Crippen LogP contribution is 2.40. The molecule has 0 aromatic carbocycles. The van der Waals surface area contributed by atoms with E-state index in [1.54, 1.807) is 0 Å². The summed E-state index contributed by atoms with van der Waals surface area (Å²) in [6.45, 7) is 15.6. The predicted molar refractivity (Wildman–Crippen MR) is 77.7 cm³/mol.